The Morgan fingerprint density at radius 2 is 1.95 bits per heavy atom. The lowest BCUT2D eigenvalue weighted by atomic mass is 10.1. The predicted molar refractivity (Wildman–Crippen MR) is 73.6 cm³/mol. The van der Waals surface area contributed by atoms with E-state index in [1.165, 1.54) is 0 Å². The fourth-order valence-corrected chi connectivity index (χ4v) is 2.28. The van der Waals surface area contributed by atoms with Crippen LogP contribution in [0, 0.1) is 0 Å². The van der Waals surface area contributed by atoms with Crippen LogP contribution in [0.15, 0.2) is 48.5 Å². The first-order chi connectivity index (χ1) is 9.24. The van der Waals surface area contributed by atoms with Crippen molar-refractivity contribution in [2.75, 3.05) is 6.54 Å². The Kier molecular flexibility index (Phi) is 3.13. The van der Waals surface area contributed by atoms with Crippen LogP contribution in [0.3, 0.4) is 0 Å². The van der Waals surface area contributed by atoms with Crippen molar-refractivity contribution in [1.82, 2.24) is 5.32 Å². The van der Waals surface area contributed by atoms with Crippen LogP contribution in [0.4, 0.5) is 0 Å². The normalized spacial score (nSPS) is 17.9. The van der Waals surface area contributed by atoms with Crippen LogP contribution in [0.2, 0.25) is 5.02 Å². The highest BCUT2D eigenvalue weighted by Gasteiger charge is 2.23. The molecule has 1 heterocycles. The maximum atomic E-state index is 12.0. The highest BCUT2D eigenvalue weighted by molar-refractivity contribution is 6.31. The fourth-order valence-electron chi connectivity index (χ4n) is 2.11. The fraction of sp³-hybridized carbons (Fsp3) is 0.133. The number of carbonyl (C=O) groups is 1. The Balaban J connectivity index is 1.98. The van der Waals surface area contributed by atoms with E-state index in [9.17, 15) is 4.79 Å². The number of amides is 1. The molecule has 1 N–H and O–H groups in total. The third-order valence-electron chi connectivity index (χ3n) is 3.07. The van der Waals surface area contributed by atoms with E-state index in [0.717, 1.165) is 5.56 Å². The maximum absolute atomic E-state index is 12.0. The van der Waals surface area contributed by atoms with Crippen molar-refractivity contribution in [2.45, 2.75) is 6.10 Å². The number of nitrogens with one attached hydrogen (secondary N) is 1. The van der Waals surface area contributed by atoms with E-state index in [2.05, 4.69) is 5.32 Å². The number of fused-ring (bicyclic) bond motifs is 1. The smallest absolute Gasteiger partial charge is 0.255 e. The third-order valence-corrected chi connectivity index (χ3v) is 3.31. The topological polar surface area (TPSA) is 38.3 Å². The van der Waals surface area contributed by atoms with Gasteiger partial charge in [0.1, 0.15) is 11.9 Å². The molecule has 1 aliphatic rings. The van der Waals surface area contributed by atoms with Crippen molar-refractivity contribution in [3.63, 3.8) is 0 Å². The molecule has 0 aromatic heterocycles. The number of ether oxygens (including phenoxy) is 1. The molecule has 0 radical (unpaired) electrons. The molecule has 1 atom stereocenters. The molecule has 2 aromatic rings. The summed E-state index contributed by atoms with van der Waals surface area (Å²) in [7, 11) is 0. The zero-order valence-electron chi connectivity index (χ0n) is 10.1. The van der Waals surface area contributed by atoms with Gasteiger partial charge < -0.3 is 10.1 Å². The van der Waals surface area contributed by atoms with Gasteiger partial charge in [-0.05, 0) is 23.8 Å². The first-order valence-electron chi connectivity index (χ1n) is 6.03. The van der Waals surface area contributed by atoms with Crippen LogP contribution in [0.1, 0.15) is 22.0 Å². The molecule has 1 amide bonds. The summed E-state index contributed by atoms with van der Waals surface area (Å²) in [5.41, 5.74) is 1.51. The lowest BCUT2D eigenvalue weighted by Gasteiger charge is -2.17. The molecule has 0 saturated heterocycles. The molecule has 0 saturated carbocycles. The Labute approximate surface area is 116 Å². The van der Waals surface area contributed by atoms with Gasteiger partial charge in [0, 0.05) is 5.02 Å². The van der Waals surface area contributed by atoms with Crippen LogP contribution < -0.4 is 10.1 Å². The van der Waals surface area contributed by atoms with Crippen molar-refractivity contribution in [1.29, 1.82) is 0 Å². The van der Waals surface area contributed by atoms with Crippen LogP contribution in [-0.4, -0.2) is 12.5 Å². The molecule has 2 aromatic carbocycles. The van der Waals surface area contributed by atoms with E-state index in [-0.39, 0.29) is 12.0 Å². The van der Waals surface area contributed by atoms with E-state index in [0.29, 0.717) is 22.9 Å². The second-order valence-electron chi connectivity index (χ2n) is 4.37. The summed E-state index contributed by atoms with van der Waals surface area (Å²) in [4.78, 5) is 12.0. The zero-order valence-corrected chi connectivity index (χ0v) is 10.9. The predicted octanol–water partition coefficient (Wildman–Crippen LogP) is 3.20. The molecular weight excluding hydrogens is 262 g/mol. The van der Waals surface area contributed by atoms with Gasteiger partial charge in [-0.2, -0.15) is 0 Å². The third kappa shape index (κ3) is 2.42. The molecule has 3 nitrogen and oxygen atoms in total. The lowest BCUT2D eigenvalue weighted by molar-refractivity contribution is 0.0951. The molecule has 3 rings (SSSR count). The number of hydrogen-bond donors (Lipinski definition) is 1. The Hall–Kier alpha value is -2.00. The second kappa shape index (κ2) is 4.94. The summed E-state index contributed by atoms with van der Waals surface area (Å²) in [5.74, 6) is 0.407. The molecule has 0 aliphatic carbocycles. The van der Waals surface area contributed by atoms with Gasteiger partial charge in [-0.1, -0.05) is 41.9 Å². The van der Waals surface area contributed by atoms with Crippen LogP contribution in [-0.2, 0) is 0 Å². The standard InChI is InChI=1S/C15H12ClNO2/c16-11-6-7-13-12(8-11)15(18)17-9-14(19-13)10-4-2-1-3-5-10/h1-8,14H,9H2,(H,17,18). The molecule has 4 heteroatoms. The summed E-state index contributed by atoms with van der Waals surface area (Å²) in [5, 5.41) is 3.38. The Bertz CT molecular complexity index is 613. The van der Waals surface area contributed by atoms with Gasteiger partial charge in [0.2, 0.25) is 0 Å². The summed E-state index contributed by atoms with van der Waals surface area (Å²) in [6.07, 6.45) is -0.187. The van der Waals surface area contributed by atoms with Gasteiger partial charge in [-0.3, -0.25) is 4.79 Å². The summed E-state index contributed by atoms with van der Waals surface area (Å²) < 4.78 is 5.93. The summed E-state index contributed by atoms with van der Waals surface area (Å²) in [6, 6.07) is 14.9. The van der Waals surface area contributed by atoms with Crippen LogP contribution in [0.25, 0.3) is 0 Å². The van der Waals surface area contributed by atoms with E-state index < -0.39 is 0 Å². The van der Waals surface area contributed by atoms with Gasteiger partial charge in [-0.15, -0.1) is 0 Å². The molecular formula is C15H12ClNO2. The highest BCUT2D eigenvalue weighted by Crippen LogP contribution is 2.29. The quantitative estimate of drug-likeness (QED) is 0.866. The second-order valence-corrected chi connectivity index (χ2v) is 4.80. The maximum Gasteiger partial charge on any atom is 0.255 e. The van der Waals surface area contributed by atoms with Crippen molar-refractivity contribution in [3.8, 4) is 5.75 Å². The number of hydrogen-bond acceptors (Lipinski definition) is 2. The van der Waals surface area contributed by atoms with E-state index in [1.807, 2.05) is 30.3 Å². The van der Waals surface area contributed by atoms with Crippen molar-refractivity contribution in [3.05, 3.63) is 64.7 Å². The minimum atomic E-state index is -0.187. The first kappa shape index (κ1) is 12.1. The highest BCUT2D eigenvalue weighted by atomic mass is 35.5. The minimum absolute atomic E-state index is 0.157. The van der Waals surface area contributed by atoms with Gasteiger partial charge >= 0.3 is 0 Å². The number of benzene rings is 2. The molecule has 19 heavy (non-hydrogen) atoms. The largest absolute Gasteiger partial charge is 0.483 e. The van der Waals surface area contributed by atoms with Gasteiger partial charge in [0.25, 0.3) is 5.91 Å². The average molecular weight is 274 g/mol. The van der Waals surface area contributed by atoms with Crippen molar-refractivity contribution < 1.29 is 9.53 Å². The molecule has 96 valence electrons. The van der Waals surface area contributed by atoms with Crippen LogP contribution >= 0.6 is 11.6 Å². The van der Waals surface area contributed by atoms with Gasteiger partial charge in [0.15, 0.2) is 0 Å². The number of carbonyl (C=O) groups excluding carboxylic acids is 1. The minimum Gasteiger partial charge on any atom is -0.483 e. The Morgan fingerprint density at radius 1 is 1.16 bits per heavy atom. The number of rotatable bonds is 1. The SMILES string of the molecule is O=C1NCC(c2ccccc2)Oc2ccc(Cl)cc21. The van der Waals surface area contributed by atoms with Crippen molar-refractivity contribution >= 4 is 17.5 Å². The molecule has 0 bridgehead atoms. The molecule has 1 aliphatic heterocycles. The summed E-state index contributed by atoms with van der Waals surface area (Å²) >= 11 is 5.91. The van der Waals surface area contributed by atoms with E-state index >= 15 is 0 Å². The van der Waals surface area contributed by atoms with Gasteiger partial charge in [0.05, 0.1) is 12.1 Å². The average Bonchev–Trinajstić information content (AvgIpc) is 2.60. The van der Waals surface area contributed by atoms with Crippen molar-refractivity contribution in [2.24, 2.45) is 0 Å². The molecule has 0 spiro atoms. The van der Waals surface area contributed by atoms with E-state index in [4.69, 9.17) is 16.3 Å². The monoisotopic (exact) mass is 273 g/mol. The number of halogens is 1. The Morgan fingerprint density at radius 3 is 2.74 bits per heavy atom. The zero-order chi connectivity index (χ0) is 13.2. The summed E-state index contributed by atoms with van der Waals surface area (Å²) in [6.45, 7) is 0.440. The lowest BCUT2D eigenvalue weighted by Crippen LogP contribution is -2.26. The molecule has 1 unspecified atom stereocenters. The first-order valence-corrected chi connectivity index (χ1v) is 6.41. The molecule has 0 fully saturated rings. The van der Waals surface area contributed by atoms with Gasteiger partial charge in [-0.25, -0.2) is 0 Å². The van der Waals surface area contributed by atoms with E-state index in [1.54, 1.807) is 18.2 Å². The van der Waals surface area contributed by atoms with Crippen LogP contribution in [0.5, 0.6) is 5.75 Å².